The van der Waals surface area contributed by atoms with Crippen molar-refractivity contribution in [2.45, 2.75) is 38.6 Å². The fourth-order valence-corrected chi connectivity index (χ4v) is 1.46. The average molecular weight is 274 g/mol. The third-order valence-corrected chi connectivity index (χ3v) is 2.69. The van der Waals surface area contributed by atoms with E-state index in [9.17, 15) is 14.4 Å². The summed E-state index contributed by atoms with van der Waals surface area (Å²) in [6.07, 6.45) is 1.21. The number of carboxylic acids is 1. The van der Waals surface area contributed by atoms with Gasteiger partial charge in [0, 0.05) is 26.1 Å². The monoisotopic (exact) mass is 274 g/mol. The standard InChI is InChI=1S/C12H22N2O5/c1-4-9(8-10(15)16)13-12(18)14(2)7-5-6-11(17)19-3/h9H,4-8H2,1-3H3,(H,13,18)(H,15,16). The van der Waals surface area contributed by atoms with Crippen molar-refractivity contribution in [2.24, 2.45) is 0 Å². The molecule has 0 aliphatic rings. The summed E-state index contributed by atoms with van der Waals surface area (Å²) < 4.78 is 4.49. The molecular formula is C12H22N2O5. The first-order chi connectivity index (χ1) is 8.90. The molecule has 0 aliphatic heterocycles. The highest BCUT2D eigenvalue weighted by atomic mass is 16.5. The number of methoxy groups -OCH3 is 1. The number of nitrogens with one attached hydrogen (secondary N) is 1. The molecule has 0 aromatic carbocycles. The van der Waals surface area contributed by atoms with Crippen molar-refractivity contribution in [1.29, 1.82) is 0 Å². The number of hydrogen-bond donors (Lipinski definition) is 2. The molecule has 1 unspecified atom stereocenters. The van der Waals surface area contributed by atoms with Crippen LogP contribution in [0.4, 0.5) is 4.79 Å². The molecule has 1 atom stereocenters. The summed E-state index contributed by atoms with van der Waals surface area (Å²) in [4.78, 5) is 34.7. The Bertz CT molecular complexity index is 319. The average Bonchev–Trinajstić information content (AvgIpc) is 2.36. The summed E-state index contributed by atoms with van der Waals surface area (Å²) in [6.45, 7) is 2.22. The molecule has 7 heteroatoms. The Balaban J connectivity index is 4.03. The van der Waals surface area contributed by atoms with Crippen LogP contribution in [0.25, 0.3) is 0 Å². The second kappa shape index (κ2) is 9.18. The lowest BCUT2D eigenvalue weighted by atomic mass is 10.1. The molecule has 0 saturated carbocycles. The maximum Gasteiger partial charge on any atom is 0.317 e. The van der Waals surface area contributed by atoms with Crippen LogP contribution in [-0.2, 0) is 14.3 Å². The van der Waals surface area contributed by atoms with Crippen molar-refractivity contribution in [3.05, 3.63) is 0 Å². The van der Waals surface area contributed by atoms with Crippen LogP contribution in [0.2, 0.25) is 0 Å². The number of carbonyl (C=O) groups excluding carboxylic acids is 2. The molecule has 0 saturated heterocycles. The lowest BCUT2D eigenvalue weighted by molar-refractivity contribution is -0.141. The van der Waals surface area contributed by atoms with E-state index in [-0.39, 0.29) is 30.9 Å². The predicted octanol–water partition coefficient (Wildman–Crippen LogP) is 0.834. The first-order valence-corrected chi connectivity index (χ1v) is 6.20. The van der Waals surface area contributed by atoms with E-state index in [0.29, 0.717) is 19.4 Å². The maximum atomic E-state index is 11.7. The van der Waals surface area contributed by atoms with Crippen molar-refractivity contribution in [1.82, 2.24) is 10.2 Å². The van der Waals surface area contributed by atoms with Gasteiger partial charge in [0.2, 0.25) is 0 Å². The number of carbonyl (C=O) groups is 3. The Morgan fingerprint density at radius 3 is 2.47 bits per heavy atom. The number of urea groups is 1. The van der Waals surface area contributed by atoms with E-state index in [2.05, 4.69) is 10.1 Å². The number of nitrogens with zero attached hydrogens (tertiary/aromatic N) is 1. The van der Waals surface area contributed by atoms with Gasteiger partial charge in [-0.15, -0.1) is 0 Å². The van der Waals surface area contributed by atoms with Gasteiger partial charge in [-0.3, -0.25) is 9.59 Å². The number of carboxylic acid groups (broad SMARTS) is 1. The van der Waals surface area contributed by atoms with Gasteiger partial charge in [0.05, 0.1) is 13.5 Å². The first-order valence-electron chi connectivity index (χ1n) is 6.20. The summed E-state index contributed by atoms with van der Waals surface area (Å²) in [6, 6.07) is -0.717. The highest BCUT2D eigenvalue weighted by Crippen LogP contribution is 2.00. The quantitative estimate of drug-likeness (QED) is 0.639. The number of ether oxygens (including phenoxy) is 1. The largest absolute Gasteiger partial charge is 0.481 e. The Kier molecular flexibility index (Phi) is 8.32. The van der Waals surface area contributed by atoms with Crippen LogP contribution < -0.4 is 5.32 Å². The molecule has 0 rings (SSSR count). The topological polar surface area (TPSA) is 95.9 Å². The summed E-state index contributed by atoms with van der Waals surface area (Å²) in [5.41, 5.74) is 0. The molecule has 0 aromatic heterocycles. The summed E-state index contributed by atoms with van der Waals surface area (Å²) in [7, 11) is 2.91. The molecule has 19 heavy (non-hydrogen) atoms. The van der Waals surface area contributed by atoms with Crippen molar-refractivity contribution in [3.63, 3.8) is 0 Å². The Morgan fingerprint density at radius 2 is 2.00 bits per heavy atom. The van der Waals surface area contributed by atoms with Crippen LogP contribution in [-0.4, -0.2) is 54.7 Å². The van der Waals surface area contributed by atoms with Gasteiger partial charge in [-0.25, -0.2) is 4.79 Å². The number of hydrogen-bond acceptors (Lipinski definition) is 4. The van der Waals surface area contributed by atoms with Gasteiger partial charge in [-0.05, 0) is 12.8 Å². The van der Waals surface area contributed by atoms with E-state index in [1.165, 1.54) is 12.0 Å². The van der Waals surface area contributed by atoms with E-state index in [0.717, 1.165) is 0 Å². The number of esters is 1. The van der Waals surface area contributed by atoms with Gasteiger partial charge in [0.25, 0.3) is 0 Å². The zero-order valence-corrected chi connectivity index (χ0v) is 11.6. The number of aliphatic carboxylic acids is 1. The zero-order valence-electron chi connectivity index (χ0n) is 11.6. The van der Waals surface area contributed by atoms with E-state index < -0.39 is 5.97 Å². The predicted molar refractivity (Wildman–Crippen MR) is 68.7 cm³/mol. The van der Waals surface area contributed by atoms with Crippen LogP contribution >= 0.6 is 0 Å². The summed E-state index contributed by atoms with van der Waals surface area (Å²) in [5, 5.41) is 11.3. The van der Waals surface area contributed by atoms with E-state index in [4.69, 9.17) is 5.11 Å². The SMILES string of the molecule is CCC(CC(=O)O)NC(=O)N(C)CCCC(=O)OC. The van der Waals surface area contributed by atoms with E-state index in [1.54, 1.807) is 7.05 Å². The van der Waals surface area contributed by atoms with Gasteiger partial charge in [-0.1, -0.05) is 6.92 Å². The maximum absolute atomic E-state index is 11.7. The third kappa shape index (κ3) is 8.01. The lowest BCUT2D eigenvalue weighted by Crippen LogP contribution is -2.44. The molecule has 0 aromatic rings. The minimum Gasteiger partial charge on any atom is -0.481 e. The van der Waals surface area contributed by atoms with Crippen molar-refractivity contribution in [3.8, 4) is 0 Å². The van der Waals surface area contributed by atoms with Crippen molar-refractivity contribution >= 4 is 18.0 Å². The van der Waals surface area contributed by atoms with Crippen LogP contribution in [0, 0.1) is 0 Å². The van der Waals surface area contributed by atoms with E-state index >= 15 is 0 Å². The van der Waals surface area contributed by atoms with Gasteiger partial charge in [-0.2, -0.15) is 0 Å². The second-order valence-corrected chi connectivity index (χ2v) is 4.25. The highest BCUT2D eigenvalue weighted by molar-refractivity contribution is 5.75. The number of rotatable bonds is 8. The molecule has 0 aliphatic carbocycles. The minimum absolute atomic E-state index is 0.0990. The highest BCUT2D eigenvalue weighted by Gasteiger charge is 2.16. The van der Waals surface area contributed by atoms with Crippen molar-refractivity contribution < 1.29 is 24.2 Å². The Labute approximate surface area is 112 Å². The summed E-state index contributed by atoms with van der Waals surface area (Å²) >= 11 is 0. The molecule has 2 N–H and O–H groups in total. The fourth-order valence-electron chi connectivity index (χ4n) is 1.46. The number of amides is 2. The lowest BCUT2D eigenvalue weighted by Gasteiger charge is -2.21. The van der Waals surface area contributed by atoms with Crippen LogP contribution in [0.15, 0.2) is 0 Å². The zero-order chi connectivity index (χ0) is 14.8. The van der Waals surface area contributed by atoms with Gasteiger partial charge in [0.1, 0.15) is 0 Å². The van der Waals surface area contributed by atoms with Crippen molar-refractivity contribution in [2.75, 3.05) is 20.7 Å². The second-order valence-electron chi connectivity index (χ2n) is 4.25. The Hall–Kier alpha value is -1.79. The smallest absolute Gasteiger partial charge is 0.317 e. The molecular weight excluding hydrogens is 252 g/mol. The molecule has 0 spiro atoms. The Morgan fingerprint density at radius 1 is 1.37 bits per heavy atom. The fraction of sp³-hybridized carbons (Fsp3) is 0.750. The molecule has 0 bridgehead atoms. The minimum atomic E-state index is -0.944. The van der Waals surface area contributed by atoms with Crippen LogP contribution in [0.5, 0.6) is 0 Å². The van der Waals surface area contributed by atoms with Crippen LogP contribution in [0.1, 0.15) is 32.6 Å². The van der Waals surface area contributed by atoms with Crippen LogP contribution in [0.3, 0.4) is 0 Å². The van der Waals surface area contributed by atoms with E-state index in [1.807, 2.05) is 6.92 Å². The molecule has 7 nitrogen and oxygen atoms in total. The van der Waals surface area contributed by atoms with Gasteiger partial charge >= 0.3 is 18.0 Å². The van der Waals surface area contributed by atoms with Gasteiger partial charge < -0.3 is 20.1 Å². The molecule has 110 valence electrons. The molecule has 2 amide bonds. The normalized spacial score (nSPS) is 11.5. The first kappa shape index (κ1) is 17.2. The molecule has 0 radical (unpaired) electrons. The van der Waals surface area contributed by atoms with Gasteiger partial charge in [0.15, 0.2) is 0 Å². The summed E-state index contributed by atoms with van der Waals surface area (Å²) in [5.74, 6) is -1.26. The molecule has 0 fully saturated rings. The third-order valence-electron chi connectivity index (χ3n) is 2.69. The molecule has 0 heterocycles.